The van der Waals surface area contributed by atoms with Gasteiger partial charge < -0.3 is 5.11 Å². The van der Waals surface area contributed by atoms with Gasteiger partial charge in [0.2, 0.25) is 0 Å². The summed E-state index contributed by atoms with van der Waals surface area (Å²) in [5.41, 5.74) is 0. The molecular formula is C5H9NO5S. The van der Waals surface area contributed by atoms with E-state index in [1.165, 1.54) is 6.08 Å². The van der Waals surface area contributed by atoms with Gasteiger partial charge in [0.15, 0.2) is 0 Å². The number of hydrogen-bond donors (Lipinski definition) is 2. The number of carboxylic acid groups (broad SMARTS) is 1. The first-order chi connectivity index (χ1) is 5.38. The average molecular weight is 195 g/mol. The third-order valence-electron chi connectivity index (χ3n) is 0.971. The molecule has 7 heteroatoms. The number of rotatable bonds is 5. The zero-order chi connectivity index (χ0) is 9.78. The molecule has 0 heterocycles. The van der Waals surface area contributed by atoms with Crippen molar-refractivity contribution in [2.75, 3.05) is 13.1 Å². The lowest BCUT2D eigenvalue weighted by Crippen LogP contribution is -2.35. The van der Waals surface area contributed by atoms with Crippen LogP contribution < -0.4 is 0 Å². The second-order valence-corrected chi connectivity index (χ2v) is 3.36. The molecule has 12 heavy (non-hydrogen) atoms. The van der Waals surface area contributed by atoms with Gasteiger partial charge in [-0.1, -0.05) is 6.08 Å². The molecule has 0 aromatic rings. The minimum atomic E-state index is -4.44. The second-order valence-electron chi connectivity index (χ2n) is 1.95. The maximum absolute atomic E-state index is 10.4. The van der Waals surface area contributed by atoms with Gasteiger partial charge in [0.05, 0.1) is 0 Å². The van der Waals surface area contributed by atoms with Gasteiger partial charge in [-0.15, -0.1) is 6.58 Å². The van der Waals surface area contributed by atoms with E-state index in [9.17, 15) is 13.2 Å². The Balaban J connectivity index is 4.44. The fraction of sp³-hybridized carbons (Fsp3) is 0.400. The van der Waals surface area contributed by atoms with Gasteiger partial charge in [0.25, 0.3) is 0 Å². The van der Waals surface area contributed by atoms with E-state index in [0.717, 1.165) is 0 Å². The first-order valence-electron chi connectivity index (χ1n) is 2.93. The number of hydrogen-bond acceptors (Lipinski definition) is 3. The van der Waals surface area contributed by atoms with Crippen molar-refractivity contribution in [1.29, 1.82) is 0 Å². The topological polar surface area (TPSA) is 94.9 Å². The van der Waals surface area contributed by atoms with Crippen LogP contribution in [0.15, 0.2) is 12.7 Å². The number of carboxylic acids is 1. The van der Waals surface area contributed by atoms with Gasteiger partial charge in [-0.3, -0.25) is 9.35 Å². The van der Waals surface area contributed by atoms with Crippen LogP contribution in [0, 0.1) is 0 Å². The Morgan fingerprint density at radius 1 is 1.58 bits per heavy atom. The van der Waals surface area contributed by atoms with Crippen molar-refractivity contribution in [3.63, 3.8) is 0 Å². The summed E-state index contributed by atoms with van der Waals surface area (Å²) in [5.74, 6) is -1.34. The van der Waals surface area contributed by atoms with E-state index in [4.69, 9.17) is 9.66 Å². The molecule has 0 atom stereocenters. The second kappa shape index (κ2) is 4.19. The summed E-state index contributed by atoms with van der Waals surface area (Å²) in [6, 6.07) is 0. The monoisotopic (exact) mass is 195 g/mol. The van der Waals surface area contributed by atoms with Crippen molar-refractivity contribution in [2.24, 2.45) is 0 Å². The predicted octanol–water partition coefficient (Wildman–Crippen LogP) is -0.638. The Morgan fingerprint density at radius 3 is 2.33 bits per heavy atom. The normalized spacial score (nSPS) is 11.5. The lowest BCUT2D eigenvalue weighted by Gasteiger charge is -2.12. The molecule has 0 aromatic heterocycles. The summed E-state index contributed by atoms with van der Waals surface area (Å²) in [5, 5.41) is 8.22. The summed E-state index contributed by atoms with van der Waals surface area (Å²) in [4.78, 5) is 10.1. The minimum Gasteiger partial charge on any atom is -0.480 e. The predicted molar refractivity (Wildman–Crippen MR) is 41.0 cm³/mol. The zero-order valence-corrected chi connectivity index (χ0v) is 6.99. The number of nitrogens with zero attached hydrogens (tertiary/aromatic N) is 1. The van der Waals surface area contributed by atoms with Crippen LogP contribution in [0.4, 0.5) is 0 Å². The molecule has 0 aliphatic carbocycles. The molecule has 0 fully saturated rings. The van der Waals surface area contributed by atoms with Crippen LogP contribution in [0.5, 0.6) is 0 Å². The molecule has 0 rings (SSSR count). The molecule has 6 nitrogen and oxygen atoms in total. The molecule has 70 valence electrons. The van der Waals surface area contributed by atoms with Gasteiger partial charge in [-0.05, 0) is 0 Å². The molecule has 0 aliphatic heterocycles. The lowest BCUT2D eigenvalue weighted by atomic mass is 10.6. The van der Waals surface area contributed by atoms with Crippen LogP contribution in [0.3, 0.4) is 0 Å². The minimum absolute atomic E-state index is 0.231. The van der Waals surface area contributed by atoms with Gasteiger partial charge in [-0.25, -0.2) is 0 Å². The molecule has 0 unspecified atom stereocenters. The summed E-state index contributed by atoms with van der Waals surface area (Å²) in [6.45, 7) is 2.21. The highest BCUT2D eigenvalue weighted by molar-refractivity contribution is 7.83. The highest BCUT2D eigenvalue weighted by Crippen LogP contribution is 1.96. The van der Waals surface area contributed by atoms with E-state index in [2.05, 4.69) is 6.58 Å². The van der Waals surface area contributed by atoms with E-state index in [-0.39, 0.29) is 6.54 Å². The standard InChI is InChI=1S/C5H9NO5S/c1-2-3-6(4-5(7)8)12(9,10)11/h2H,1,3-4H2,(H,7,8)(H,9,10,11). The van der Waals surface area contributed by atoms with Crippen molar-refractivity contribution in [3.05, 3.63) is 12.7 Å². The molecule has 0 bridgehead atoms. The molecule has 0 spiro atoms. The highest BCUT2D eigenvalue weighted by atomic mass is 32.2. The zero-order valence-electron chi connectivity index (χ0n) is 6.17. The fourth-order valence-electron chi connectivity index (χ4n) is 0.535. The Morgan fingerprint density at radius 2 is 2.08 bits per heavy atom. The molecule has 0 saturated heterocycles. The first-order valence-corrected chi connectivity index (χ1v) is 4.33. The Kier molecular flexibility index (Phi) is 3.87. The molecule has 2 N–H and O–H groups in total. The third kappa shape index (κ3) is 4.06. The van der Waals surface area contributed by atoms with Crippen LogP contribution in [0.2, 0.25) is 0 Å². The maximum Gasteiger partial charge on any atom is 0.336 e. The summed E-state index contributed by atoms with van der Waals surface area (Å²) < 4.78 is 29.7. The molecule has 0 aliphatic rings. The van der Waals surface area contributed by atoms with Gasteiger partial charge in [0.1, 0.15) is 6.54 Å². The lowest BCUT2D eigenvalue weighted by molar-refractivity contribution is -0.137. The maximum atomic E-state index is 10.4. The first kappa shape index (κ1) is 11.1. The number of aliphatic carboxylic acids is 1. The van der Waals surface area contributed by atoms with E-state index >= 15 is 0 Å². The smallest absolute Gasteiger partial charge is 0.336 e. The van der Waals surface area contributed by atoms with Crippen molar-refractivity contribution < 1.29 is 22.9 Å². The van der Waals surface area contributed by atoms with E-state index in [1.54, 1.807) is 0 Å². The molecule has 0 aromatic carbocycles. The van der Waals surface area contributed by atoms with Crippen LogP contribution in [0.1, 0.15) is 0 Å². The van der Waals surface area contributed by atoms with Gasteiger partial charge >= 0.3 is 16.3 Å². The molecular weight excluding hydrogens is 186 g/mol. The summed E-state index contributed by atoms with van der Waals surface area (Å²) in [6.07, 6.45) is 1.18. The van der Waals surface area contributed by atoms with Gasteiger partial charge in [-0.2, -0.15) is 12.7 Å². The van der Waals surface area contributed by atoms with Crippen molar-refractivity contribution in [1.82, 2.24) is 4.31 Å². The quantitative estimate of drug-likeness (QED) is 0.449. The number of carbonyl (C=O) groups is 1. The SMILES string of the molecule is C=CCN(CC(=O)O)S(=O)(=O)O. The third-order valence-corrected chi connectivity index (χ3v) is 1.90. The van der Waals surface area contributed by atoms with E-state index in [0.29, 0.717) is 4.31 Å². The van der Waals surface area contributed by atoms with Crippen molar-refractivity contribution >= 4 is 16.3 Å². The largest absolute Gasteiger partial charge is 0.480 e. The van der Waals surface area contributed by atoms with Crippen LogP contribution in [-0.4, -0.2) is 41.4 Å². The van der Waals surface area contributed by atoms with Crippen molar-refractivity contribution in [3.8, 4) is 0 Å². The molecule has 0 amide bonds. The van der Waals surface area contributed by atoms with Gasteiger partial charge in [0, 0.05) is 6.54 Å². The van der Waals surface area contributed by atoms with Crippen molar-refractivity contribution in [2.45, 2.75) is 0 Å². The summed E-state index contributed by atoms with van der Waals surface area (Å²) >= 11 is 0. The molecule has 0 radical (unpaired) electrons. The summed E-state index contributed by atoms with van der Waals surface area (Å²) in [7, 11) is -4.44. The Labute approximate surface area is 70.0 Å². The Bertz CT molecular complexity index is 270. The van der Waals surface area contributed by atoms with Crippen LogP contribution in [-0.2, 0) is 15.1 Å². The van der Waals surface area contributed by atoms with Crippen LogP contribution >= 0.6 is 0 Å². The Hall–Kier alpha value is -0.920. The fourth-order valence-corrected chi connectivity index (χ4v) is 1.10. The van der Waals surface area contributed by atoms with E-state index in [1.807, 2.05) is 0 Å². The highest BCUT2D eigenvalue weighted by Gasteiger charge is 2.19. The molecule has 0 saturated carbocycles. The van der Waals surface area contributed by atoms with E-state index < -0.39 is 22.8 Å². The van der Waals surface area contributed by atoms with Crippen LogP contribution in [0.25, 0.3) is 0 Å². The average Bonchev–Trinajstić information content (AvgIpc) is 1.83.